The standard InChI is InChI=1S/C10H25N3.H2/c1-12(2)9-5-7-11-8-6-10-13(3)4;/h11H,5-10H2,1-4H3;1H. The second-order valence-electron chi connectivity index (χ2n) is 4.06. The predicted molar refractivity (Wildman–Crippen MR) is 61.3 cm³/mol. The zero-order chi connectivity index (χ0) is 10.1. The predicted octanol–water partition coefficient (Wildman–Crippen LogP) is 0.725. The van der Waals surface area contributed by atoms with E-state index in [0.717, 1.165) is 13.1 Å². The minimum atomic E-state index is 0. The molecule has 0 atom stereocenters. The monoisotopic (exact) mass is 189 g/mol. The summed E-state index contributed by atoms with van der Waals surface area (Å²) in [7, 11) is 8.47. The first-order valence-corrected chi connectivity index (χ1v) is 5.13. The van der Waals surface area contributed by atoms with Crippen molar-refractivity contribution < 1.29 is 1.43 Å². The number of rotatable bonds is 8. The van der Waals surface area contributed by atoms with Gasteiger partial charge >= 0.3 is 0 Å². The van der Waals surface area contributed by atoms with E-state index < -0.39 is 0 Å². The van der Waals surface area contributed by atoms with E-state index in [2.05, 4.69) is 43.3 Å². The summed E-state index contributed by atoms with van der Waals surface area (Å²) in [6.45, 7) is 4.65. The molecule has 1 N–H and O–H groups in total. The quantitative estimate of drug-likeness (QED) is 0.568. The number of hydrogen-bond donors (Lipinski definition) is 1. The molecule has 3 heteroatoms. The molecule has 0 aliphatic carbocycles. The maximum atomic E-state index is 3.44. The Hall–Kier alpha value is -0.120. The van der Waals surface area contributed by atoms with E-state index in [-0.39, 0.29) is 1.43 Å². The van der Waals surface area contributed by atoms with Gasteiger partial charge in [-0.3, -0.25) is 0 Å². The third-order valence-electron chi connectivity index (χ3n) is 1.92. The van der Waals surface area contributed by atoms with Gasteiger partial charge in [0.05, 0.1) is 0 Å². The normalized spacial score (nSPS) is 11.5. The average Bonchev–Trinajstić information content (AvgIpc) is 2.01. The van der Waals surface area contributed by atoms with Gasteiger partial charge in [0, 0.05) is 1.43 Å². The third-order valence-corrected chi connectivity index (χ3v) is 1.92. The highest BCUT2D eigenvalue weighted by molar-refractivity contribution is 4.52. The molecule has 0 saturated heterocycles. The molecular weight excluding hydrogens is 162 g/mol. The van der Waals surface area contributed by atoms with Gasteiger partial charge in [0.15, 0.2) is 0 Å². The molecule has 0 aromatic carbocycles. The molecular formula is C10H27N3. The fourth-order valence-electron chi connectivity index (χ4n) is 1.17. The van der Waals surface area contributed by atoms with Gasteiger partial charge in [0.25, 0.3) is 0 Å². The number of hydrogen-bond acceptors (Lipinski definition) is 3. The van der Waals surface area contributed by atoms with Crippen molar-refractivity contribution >= 4 is 0 Å². The second kappa shape index (κ2) is 8.48. The van der Waals surface area contributed by atoms with Crippen molar-refractivity contribution in [1.29, 1.82) is 0 Å². The zero-order valence-electron chi connectivity index (χ0n) is 9.64. The minimum absolute atomic E-state index is 0. The van der Waals surface area contributed by atoms with Crippen LogP contribution in [0.4, 0.5) is 0 Å². The van der Waals surface area contributed by atoms with Crippen molar-refractivity contribution in [3.8, 4) is 0 Å². The summed E-state index contributed by atoms with van der Waals surface area (Å²) in [5.41, 5.74) is 0. The maximum absolute atomic E-state index is 3.44. The van der Waals surface area contributed by atoms with Crippen LogP contribution < -0.4 is 5.32 Å². The molecule has 0 aliphatic rings. The second-order valence-corrected chi connectivity index (χ2v) is 4.06. The minimum Gasteiger partial charge on any atom is -0.317 e. The van der Waals surface area contributed by atoms with Gasteiger partial charge in [-0.25, -0.2) is 0 Å². The summed E-state index contributed by atoms with van der Waals surface area (Å²) in [4.78, 5) is 4.45. The highest BCUT2D eigenvalue weighted by Gasteiger charge is 1.92. The van der Waals surface area contributed by atoms with Crippen molar-refractivity contribution in [2.45, 2.75) is 12.8 Å². The lowest BCUT2D eigenvalue weighted by molar-refractivity contribution is 0.380. The molecule has 0 fully saturated rings. The number of nitrogens with zero attached hydrogens (tertiary/aromatic N) is 2. The molecule has 0 rings (SSSR count). The Morgan fingerprint density at radius 1 is 0.846 bits per heavy atom. The van der Waals surface area contributed by atoms with E-state index in [1.807, 2.05) is 0 Å². The van der Waals surface area contributed by atoms with E-state index in [1.54, 1.807) is 0 Å². The summed E-state index contributed by atoms with van der Waals surface area (Å²) < 4.78 is 0. The molecule has 0 aromatic heterocycles. The van der Waals surface area contributed by atoms with Gasteiger partial charge in [-0.1, -0.05) is 0 Å². The zero-order valence-corrected chi connectivity index (χ0v) is 9.64. The molecule has 0 spiro atoms. The molecule has 0 aliphatic heterocycles. The maximum Gasteiger partial charge on any atom is 0 e. The lowest BCUT2D eigenvalue weighted by atomic mass is 10.3. The highest BCUT2D eigenvalue weighted by atomic mass is 15.1. The molecule has 82 valence electrons. The van der Waals surface area contributed by atoms with Gasteiger partial charge in [0.2, 0.25) is 0 Å². The SMILES string of the molecule is CN(C)CCCNCCCN(C)C.[HH]. The van der Waals surface area contributed by atoms with Crippen molar-refractivity contribution in [2.24, 2.45) is 0 Å². The van der Waals surface area contributed by atoms with Crippen LogP contribution in [0.1, 0.15) is 14.3 Å². The molecule has 3 nitrogen and oxygen atoms in total. The van der Waals surface area contributed by atoms with E-state index >= 15 is 0 Å². The van der Waals surface area contributed by atoms with E-state index in [4.69, 9.17) is 0 Å². The molecule has 13 heavy (non-hydrogen) atoms. The third kappa shape index (κ3) is 11.9. The van der Waals surface area contributed by atoms with Crippen LogP contribution in [-0.2, 0) is 0 Å². The van der Waals surface area contributed by atoms with Gasteiger partial charge in [-0.05, 0) is 67.2 Å². The molecule has 0 radical (unpaired) electrons. The van der Waals surface area contributed by atoms with Crippen LogP contribution in [0.5, 0.6) is 0 Å². The topological polar surface area (TPSA) is 18.5 Å². The first kappa shape index (κ1) is 12.9. The Labute approximate surface area is 84.6 Å². The van der Waals surface area contributed by atoms with Crippen LogP contribution in [0.3, 0.4) is 0 Å². The first-order chi connectivity index (χ1) is 6.13. The highest BCUT2D eigenvalue weighted by Crippen LogP contribution is 1.83. The first-order valence-electron chi connectivity index (χ1n) is 5.13. The van der Waals surface area contributed by atoms with Crippen molar-refractivity contribution in [3.05, 3.63) is 0 Å². The van der Waals surface area contributed by atoms with Gasteiger partial charge in [-0.15, -0.1) is 0 Å². The Balaban J connectivity index is 0. The van der Waals surface area contributed by atoms with Crippen LogP contribution in [0.2, 0.25) is 0 Å². The van der Waals surface area contributed by atoms with Crippen LogP contribution in [0, 0.1) is 0 Å². The summed E-state index contributed by atoms with van der Waals surface area (Å²) >= 11 is 0. The molecule has 0 bridgehead atoms. The smallest absolute Gasteiger partial charge is 0 e. The molecule has 0 aromatic rings. The van der Waals surface area contributed by atoms with Crippen molar-refractivity contribution in [3.63, 3.8) is 0 Å². The summed E-state index contributed by atoms with van der Waals surface area (Å²) in [5, 5.41) is 3.44. The largest absolute Gasteiger partial charge is 0.317 e. The van der Waals surface area contributed by atoms with Crippen molar-refractivity contribution in [1.82, 2.24) is 15.1 Å². The Morgan fingerprint density at radius 3 is 1.54 bits per heavy atom. The average molecular weight is 189 g/mol. The van der Waals surface area contributed by atoms with Crippen LogP contribution in [0.25, 0.3) is 0 Å². The lowest BCUT2D eigenvalue weighted by Crippen LogP contribution is -2.24. The Kier molecular flexibility index (Phi) is 8.40. The molecule has 0 amide bonds. The van der Waals surface area contributed by atoms with Crippen LogP contribution in [0.15, 0.2) is 0 Å². The van der Waals surface area contributed by atoms with Gasteiger partial charge in [-0.2, -0.15) is 0 Å². The van der Waals surface area contributed by atoms with E-state index in [9.17, 15) is 0 Å². The number of nitrogens with one attached hydrogen (secondary N) is 1. The van der Waals surface area contributed by atoms with Gasteiger partial charge in [0.1, 0.15) is 0 Å². The fourth-order valence-corrected chi connectivity index (χ4v) is 1.17. The fraction of sp³-hybridized carbons (Fsp3) is 1.00. The summed E-state index contributed by atoms with van der Waals surface area (Å²) in [6, 6.07) is 0. The van der Waals surface area contributed by atoms with Crippen molar-refractivity contribution in [2.75, 3.05) is 54.4 Å². The van der Waals surface area contributed by atoms with E-state index in [0.29, 0.717) is 0 Å². The van der Waals surface area contributed by atoms with Crippen LogP contribution >= 0.6 is 0 Å². The molecule has 0 unspecified atom stereocenters. The van der Waals surface area contributed by atoms with Gasteiger partial charge < -0.3 is 15.1 Å². The van der Waals surface area contributed by atoms with Crippen LogP contribution in [-0.4, -0.2) is 64.2 Å². The summed E-state index contributed by atoms with van der Waals surface area (Å²) in [5.74, 6) is 0. The Morgan fingerprint density at radius 2 is 1.23 bits per heavy atom. The molecule has 0 saturated carbocycles. The molecule has 0 heterocycles. The summed E-state index contributed by atoms with van der Waals surface area (Å²) in [6.07, 6.45) is 2.49. The Bertz CT molecular complexity index is 95.5. The van der Waals surface area contributed by atoms with E-state index in [1.165, 1.54) is 25.9 Å². The lowest BCUT2D eigenvalue weighted by Gasteiger charge is -2.11.